The van der Waals surface area contributed by atoms with Crippen LogP contribution >= 0.6 is 12.4 Å². The van der Waals surface area contributed by atoms with Gasteiger partial charge >= 0.3 is 0 Å². The number of hydrogen-bond acceptors (Lipinski definition) is 4. The third-order valence-electron chi connectivity index (χ3n) is 2.88. The van der Waals surface area contributed by atoms with Crippen molar-refractivity contribution in [1.82, 2.24) is 4.72 Å². The average molecular weight is 323 g/mol. The Labute approximate surface area is 127 Å². The summed E-state index contributed by atoms with van der Waals surface area (Å²) in [6, 6.07) is 6.08. The predicted octanol–water partition coefficient (Wildman–Crippen LogP) is 1.91. The van der Waals surface area contributed by atoms with Crippen LogP contribution in [0, 0.1) is 0 Å². The van der Waals surface area contributed by atoms with Gasteiger partial charge in [-0.3, -0.25) is 0 Å². The summed E-state index contributed by atoms with van der Waals surface area (Å²) in [7, 11) is -1.97. The maximum Gasteiger partial charge on any atom is 0.240 e. The zero-order chi connectivity index (χ0) is 14.3. The van der Waals surface area contributed by atoms with Crippen molar-refractivity contribution >= 4 is 22.4 Å². The fourth-order valence-electron chi connectivity index (χ4n) is 1.72. The van der Waals surface area contributed by atoms with E-state index < -0.39 is 10.0 Å². The molecule has 0 amide bonds. The molecule has 0 aliphatic heterocycles. The largest absolute Gasteiger partial charge is 0.497 e. The van der Waals surface area contributed by atoms with Crippen LogP contribution in [0.25, 0.3) is 0 Å². The SMILES string of the molecule is CCCCC(CN)NS(=O)(=O)c1ccc(OC)cc1.Cl. The topological polar surface area (TPSA) is 81.4 Å². The van der Waals surface area contributed by atoms with Crippen molar-refractivity contribution in [3.63, 3.8) is 0 Å². The highest BCUT2D eigenvalue weighted by atomic mass is 35.5. The number of hydrogen-bond donors (Lipinski definition) is 2. The highest BCUT2D eigenvalue weighted by Crippen LogP contribution is 2.16. The molecule has 5 nitrogen and oxygen atoms in total. The van der Waals surface area contributed by atoms with Gasteiger partial charge in [-0.15, -0.1) is 12.4 Å². The van der Waals surface area contributed by atoms with Crippen LogP contribution in [0.5, 0.6) is 5.75 Å². The molecular formula is C13H23ClN2O3S. The minimum absolute atomic E-state index is 0. The van der Waals surface area contributed by atoms with Crippen LogP contribution in [0.3, 0.4) is 0 Å². The molecular weight excluding hydrogens is 300 g/mol. The van der Waals surface area contributed by atoms with E-state index in [2.05, 4.69) is 11.6 Å². The van der Waals surface area contributed by atoms with Crippen molar-refractivity contribution in [3.8, 4) is 5.75 Å². The summed E-state index contributed by atoms with van der Waals surface area (Å²) in [6.07, 6.45) is 2.72. The molecule has 0 bridgehead atoms. The van der Waals surface area contributed by atoms with Gasteiger partial charge in [-0.1, -0.05) is 19.8 Å². The third kappa shape index (κ3) is 5.66. The molecule has 1 rings (SSSR count). The van der Waals surface area contributed by atoms with Gasteiger partial charge in [0.15, 0.2) is 0 Å². The number of halogens is 1. The van der Waals surface area contributed by atoms with E-state index in [-0.39, 0.29) is 23.3 Å². The second-order valence-electron chi connectivity index (χ2n) is 4.37. The lowest BCUT2D eigenvalue weighted by atomic mass is 10.1. The number of rotatable bonds is 8. The first kappa shape index (κ1) is 19.2. The quantitative estimate of drug-likeness (QED) is 0.766. The van der Waals surface area contributed by atoms with E-state index in [0.717, 1.165) is 19.3 Å². The molecule has 0 radical (unpaired) electrons. The first-order chi connectivity index (χ1) is 9.03. The number of methoxy groups -OCH3 is 1. The van der Waals surface area contributed by atoms with Gasteiger partial charge in [0.2, 0.25) is 10.0 Å². The number of ether oxygens (including phenoxy) is 1. The third-order valence-corrected chi connectivity index (χ3v) is 4.42. The summed E-state index contributed by atoms with van der Waals surface area (Å²) in [5, 5.41) is 0. The van der Waals surface area contributed by atoms with E-state index >= 15 is 0 Å². The minimum atomic E-state index is -3.51. The lowest BCUT2D eigenvalue weighted by Gasteiger charge is -2.16. The van der Waals surface area contributed by atoms with Crippen molar-refractivity contribution in [3.05, 3.63) is 24.3 Å². The molecule has 116 valence electrons. The van der Waals surface area contributed by atoms with Crippen LogP contribution in [-0.2, 0) is 10.0 Å². The fourth-order valence-corrected chi connectivity index (χ4v) is 3.00. The second-order valence-corrected chi connectivity index (χ2v) is 6.09. The number of benzene rings is 1. The van der Waals surface area contributed by atoms with Gasteiger partial charge in [0, 0.05) is 12.6 Å². The molecule has 1 unspecified atom stereocenters. The molecule has 0 aliphatic rings. The first-order valence-corrected chi connectivity index (χ1v) is 7.88. The van der Waals surface area contributed by atoms with Gasteiger partial charge in [-0.2, -0.15) is 0 Å². The summed E-state index contributed by atoms with van der Waals surface area (Å²) in [6.45, 7) is 2.36. The van der Waals surface area contributed by atoms with Gasteiger partial charge in [-0.05, 0) is 30.7 Å². The normalized spacial score (nSPS) is 12.6. The van der Waals surface area contributed by atoms with Crippen molar-refractivity contribution in [2.75, 3.05) is 13.7 Å². The fraction of sp³-hybridized carbons (Fsp3) is 0.538. The zero-order valence-corrected chi connectivity index (χ0v) is 13.5. The second kappa shape index (κ2) is 9.18. The van der Waals surface area contributed by atoms with Crippen molar-refractivity contribution in [2.45, 2.75) is 37.1 Å². The smallest absolute Gasteiger partial charge is 0.240 e. The lowest BCUT2D eigenvalue weighted by Crippen LogP contribution is -2.40. The van der Waals surface area contributed by atoms with E-state index in [0.29, 0.717) is 12.3 Å². The number of sulfonamides is 1. The van der Waals surface area contributed by atoms with E-state index in [9.17, 15) is 8.42 Å². The zero-order valence-electron chi connectivity index (χ0n) is 11.8. The number of nitrogens with two attached hydrogens (primary N) is 1. The van der Waals surface area contributed by atoms with E-state index in [4.69, 9.17) is 10.5 Å². The monoisotopic (exact) mass is 322 g/mol. The van der Waals surface area contributed by atoms with Gasteiger partial charge in [-0.25, -0.2) is 13.1 Å². The van der Waals surface area contributed by atoms with Gasteiger partial charge in [0.1, 0.15) is 5.75 Å². The van der Waals surface area contributed by atoms with Crippen LogP contribution in [0.4, 0.5) is 0 Å². The van der Waals surface area contributed by atoms with Gasteiger partial charge < -0.3 is 10.5 Å². The molecule has 0 fully saturated rings. The molecule has 7 heteroatoms. The van der Waals surface area contributed by atoms with Crippen molar-refractivity contribution in [1.29, 1.82) is 0 Å². The Morgan fingerprint density at radius 3 is 2.35 bits per heavy atom. The number of unbranched alkanes of at least 4 members (excludes halogenated alkanes) is 1. The maximum absolute atomic E-state index is 12.2. The molecule has 0 spiro atoms. The molecule has 0 saturated heterocycles. The highest BCUT2D eigenvalue weighted by Gasteiger charge is 2.18. The molecule has 0 saturated carbocycles. The summed E-state index contributed by atoms with van der Waals surface area (Å²) in [5.74, 6) is 0.625. The lowest BCUT2D eigenvalue weighted by molar-refractivity contribution is 0.414. The molecule has 3 N–H and O–H groups in total. The molecule has 0 aromatic heterocycles. The van der Waals surface area contributed by atoms with Crippen molar-refractivity contribution in [2.24, 2.45) is 5.73 Å². The molecule has 20 heavy (non-hydrogen) atoms. The average Bonchev–Trinajstić information content (AvgIpc) is 2.43. The van der Waals surface area contributed by atoms with Crippen LogP contribution in [0.2, 0.25) is 0 Å². The van der Waals surface area contributed by atoms with E-state index in [1.165, 1.54) is 19.2 Å². The molecule has 0 heterocycles. The van der Waals surface area contributed by atoms with Gasteiger partial charge in [0.25, 0.3) is 0 Å². The van der Waals surface area contributed by atoms with E-state index in [1.807, 2.05) is 0 Å². The molecule has 1 atom stereocenters. The Hall–Kier alpha value is -0.820. The van der Waals surface area contributed by atoms with Crippen LogP contribution in [0.1, 0.15) is 26.2 Å². The Balaban J connectivity index is 0.00000361. The molecule has 0 aliphatic carbocycles. The summed E-state index contributed by atoms with van der Waals surface area (Å²) in [5.41, 5.74) is 5.60. The maximum atomic E-state index is 12.2. The minimum Gasteiger partial charge on any atom is -0.497 e. The Morgan fingerprint density at radius 1 is 1.30 bits per heavy atom. The highest BCUT2D eigenvalue weighted by molar-refractivity contribution is 7.89. The summed E-state index contributed by atoms with van der Waals surface area (Å²) in [4.78, 5) is 0.225. The molecule has 1 aromatic rings. The van der Waals surface area contributed by atoms with E-state index in [1.54, 1.807) is 12.1 Å². The van der Waals surface area contributed by atoms with Crippen LogP contribution in [-0.4, -0.2) is 28.1 Å². The Kier molecular flexibility index (Phi) is 8.80. The Morgan fingerprint density at radius 2 is 1.90 bits per heavy atom. The van der Waals surface area contributed by atoms with Gasteiger partial charge in [0.05, 0.1) is 12.0 Å². The predicted molar refractivity (Wildman–Crippen MR) is 82.9 cm³/mol. The van der Waals surface area contributed by atoms with Crippen molar-refractivity contribution < 1.29 is 13.2 Å². The Bertz CT molecular complexity index is 477. The first-order valence-electron chi connectivity index (χ1n) is 6.40. The van der Waals surface area contributed by atoms with Crippen LogP contribution in [0.15, 0.2) is 29.2 Å². The standard InChI is InChI=1S/C13H22N2O3S.ClH/c1-3-4-5-11(10-14)15-19(16,17)13-8-6-12(18-2)7-9-13;/h6-9,11,15H,3-5,10,14H2,1-2H3;1H. The molecule has 1 aromatic carbocycles. The summed E-state index contributed by atoms with van der Waals surface area (Å²) < 4.78 is 32.0. The van der Waals surface area contributed by atoms with Crippen LogP contribution < -0.4 is 15.2 Å². The summed E-state index contributed by atoms with van der Waals surface area (Å²) >= 11 is 0. The number of nitrogens with one attached hydrogen (secondary N) is 1.